The minimum Gasteiger partial charge on any atom is -0.481 e. The van der Waals surface area contributed by atoms with Gasteiger partial charge in [0.15, 0.2) is 0 Å². The van der Waals surface area contributed by atoms with Crippen LogP contribution >= 0.6 is 22.7 Å². The van der Waals surface area contributed by atoms with Crippen LogP contribution in [0.3, 0.4) is 0 Å². The van der Waals surface area contributed by atoms with Crippen LogP contribution in [0, 0.1) is 0 Å². The highest BCUT2D eigenvalue weighted by Crippen LogP contribution is 2.24. The smallest absolute Gasteiger partial charge is 0.305 e. The van der Waals surface area contributed by atoms with E-state index in [1.165, 1.54) is 22.7 Å². The van der Waals surface area contributed by atoms with Crippen LogP contribution in [0.4, 0.5) is 0 Å². The largest absolute Gasteiger partial charge is 0.481 e. The summed E-state index contributed by atoms with van der Waals surface area (Å²) in [5.74, 6) is -1.20. The SMILES string of the molecule is O=C(O)C[C@H](NC(=O)Cc1csc(-c2cccnc2)n1)c1cccs1. The van der Waals surface area contributed by atoms with Gasteiger partial charge in [-0.05, 0) is 23.6 Å². The van der Waals surface area contributed by atoms with Crippen molar-refractivity contribution in [2.45, 2.75) is 18.9 Å². The number of thiazole rings is 1. The van der Waals surface area contributed by atoms with Gasteiger partial charge in [-0.2, -0.15) is 0 Å². The van der Waals surface area contributed by atoms with Gasteiger partial charge in [-0.25, -0.2) is 4.98 Å². The lowest BCUT2D eigenvalue weighted by Gasteiger charge is -2.15. The van der Waals surface area contributed by atoms with Crippen molar-refractivity contribution in [3.8, 4) is 10.6 Å². The van der Waals surface area contributed by atoms with Gasteiger partial charge in [0.1, 0.15) is 5.01 Å². The number of hydrogen-bond donors (Lipinski definition) is 2. The molecule has 3 aromatic heterocycles. The third kappa shape index (κ3) is 4.71. The van der Waals surface area contributed by atoms with Gasteiger partial charge in [0, 0.05) is 28.2 Å². The van der Waals surface area contributed by atoms with Gasteiger partial charge in [-0.3, -0.25) is 14.6 Å². The highest BCUT2D eigenvalue weighted by Gasteiger charge is 2.19. The number of aromatic nitrogens is 2. The molecule has 0 radical (unpaired) electrons. The summed E-state index contributed by atoms with van der Waals surface area (Å²) in [6, 6.07) is 6.88. The first-order valence-corrected chi connectivity index (χ1v) is 9.27. The Hall–Kier alpha value is -2.58. The topological polar surface area (TPSA) is 92.2 Å². The van der Waals surface area contributed by atoms with Crippen LogP contribution in [-0.2, 0) is 16.0 Å². The molecule has 0 spiro atoms. The zero-order chi connectivity index (χ0) is 17.6. The van der Waals surface area contributed by atoms with Gasteiger partial charge in [-0.15, -0.1) is 22.7 Å². The molecule has 0 fully saturated rings. The fourth-order valence-electron chi connectivity index (χ4n) is 2.31. The summed E-state index contributed by atoms with van der Waals surface area (Å²) < 4.78 is 0. The predicted octanol–water partition coefficient (Wildman–Crippen LogP) is 3.14. The molecule has 0 bridgehead atoms. The van der Waals surface area contributed by atoms with E-state index < -0.39 is 12.0 Å². The second-order valence-corrected chi connectivity index (χ2v) is 7.13. The predicted molar refractivity (Wildman–Crippen MR) is 96.5 cm³/mol. The standard InChI is InChI=1S/C17H15N3O3S2/c21-15(20-13(8-16(22)23)14-4-2-6-24-14)7-12-10-25-17(19-12)11-3-1-5-18-9-11/h1-6,9-10,13H,7-8H2,(H,20,21)(H,22,23)/t13-/m0/s1. The summed E-state index contributed by atoms with van der Waals surface area (Å²) in [5, 5.41) is 16.3. The Balaban J connectivity index is 1.65. The molecule has 128 valence electrons. The van der Waals surface area contributed by atoms with Crippen molar-refractivity contribution < 1.29 is 14.7 Å². The van der Waals surface area contributed by atoms with Crippen LogP contribution in [0.1, 0.15) is 23.0 Å². The van der Waals surface area contributed by atoms with E-state index in [4.69, 9.17) is 5.11 Å². The number of nitrogens with zero attached hydrogens (tertiary/aromatic N) is 2. The average molecular weight is 373 g/mol. The number of thiophene rings is 1. The highest BCUT2D eigenvalue weighted by atomic mass is 32.1. The van der Waals surface area contributed by atoms with E-state index >= 15 is 0 Å². The number of carboxylic acid groups (broad SMARTS) is 1. The Morgan fingerprint density at radius 1 is 1.24 bits per heavy atom. The molecule has 3 aromatic rings. The molecule has 3 rings (SSSR count). The number of aliphatic carboxylic acids is 1. The van der Waals surface area contributed by atoms with E-state index in [1.54, 1.807) is 12.4 Å². The molecular weight excluding hydrogens is 358 g/mol. The first-order valence-electron chi connectivity index (χ1n) is 7.51. The quantitative estimate of drug-likeness (QED) is 0.664. The number of carbonyl (C=O) groups is 2. The molecule has 25 heavy (non-hydrogen) atoms. The van der Waals surface area contributed by atoms with Crippen molar-refractivity contribution >= 4 is 34.6 Å². The first kappa shape index (κ1) is 17.2. The van der Waals surface area contributed by atoms with E-state index in [0.717, 1.165) is 15.4 Å². The third-order valence-corrected chi connectivity index (χ3v) is 5.33. The van der Waals surface area contributed by atoms with E-state index in [0.29, 0.717) is 5.69 Å². The van der Waals surface area contributed by atoms with Crippen molar-refractivity contribution in [1.29, 1.82) is 0 Å². The monoisotopic (exact) mass is 373 g/mol. The van der Waals surface area contributed by atoms with Crippen LogP contribution in [0.25, 0.3) is 10.6 Å². The van der Waals surface area contributed by atoms with Crippen molar-refractivity contribution in [3.63, 3.8) is 0 Å². The van der Waals surface area contributed by atoms with Crippen LogP contribution in [0.5, 0.6) is 0 Å². The minimum absolute atomic E-state index is 0.109. The summed E-state index contributed by atoms with van der Waals surface area (Å²) >= 11 is 2.87. The molecule has 1 atom stereocenters. The second kappa shape index (κ2) is 8.00. The maximum atomic E-state index is 12.3. The van der Waals surface area contributed by atoms with Crippen LogP contribution < -0.4 is 5.32 Å². The Kier molecular flexibility index (Phi) is 5.52. The van der Waals surface area contributed by atoms with Gasteiger partial charge >= 0.3 is 5.97 Å². The van der Waals surface area contributed by atoms with Crippen molar-refractivity contribution in [3.05, 3.63) is 58.0 Å². The van der Waals surface area contributed by atoms with Gasteiger partial charge < -0.3 is 10.4 Å². The van der Waals surface area contributed by atoms with Gasteiger partial charge in [0.05, 0.1) is 24.6 Å². The van der Waals surface area contributed by atoms with E-state index in [9.17, 15) is 9.59 Å². The molecule has 0 aliphatic rings. The number of amides is 1. The third-order valence-electron chi connectivity index (χ3n) is 3.40. The zero-order valence-corrected chi connectivity index (χ0v) is 14.7. The molecule has 6 nitrogen and oxygen atoms in total. The van der Waals surface area contributed by atoms with Gasteiger partial charge in [-0.1, -0.05) is 6.07 Å². The van der Waals surface area contributed by atoms with E-state index in [1.807, 2.05) is 35.0 Å². The molecule has 3 heterocycles. The molecule has 0 aromatic carbocycles. The Morgan fingerprint density at radius 2 is 2.12 bits per heavy atom. The molecule has 1 amide bonds. The van der Waals surface area contributed by atoms with Gasteiger partial charge in [0.25, 0.3) is 0 Å². The summed E-state index contributed by atoms with van der Waals surface area (Å²) in [4.78, 5) is 32.7. The van der Waals surface area contributed by atoms with E-state index in [-0.39, 0.29) is 18.7 Å². The van der Waals surface area contributed by atoms with Gasteiger partial charge in [0.2, 0.25) is 5.91 Å². The normalized spacial score (nSPS) is 11.8. The average Bonchev–Trinajstić information content (AvgIpc) is 3.26. The molecule has 0 saturated carbocycles. The van der Waals surface area contributed by atoms with Crippen LogP contribution in [-0.4, -0.2) is 27.0 Å². The second-order valence-electron chi connectivity index (χ2n) is 5.30. The summed E-state index contributed by atoms with van der Waals surface area (Å²) in [5.41, 5.74) is 1.56. The number of hydrogen-bond acceptors (Lipinski definition) is 6. The fourth-order valence-corrected chi connectivity index (χ4v) is 3.90. The molecule has 0 aliphatic heterocycles. The number of nitrogens with one attached hydrogen (secondary N) is 1. The summed E-state index contributed by atoms with van der Waals surface area (Å²) in [7, 11) is 0. The Morgan fingerprint density at radius 3 is 2.80 bits per heavy atom. The molecular formula is C17H15N3O3S2. The van der Waals surface area contributed by atoms with E-state index in [2.05, 4.69) is 15.3 Å². The van der Waals surface area contributed by atoms with Crippen molar-refractivity contribution in [2.75, 3.05) is 0 Å². The van der Waals surface area contributed by atoms with Crippen molar-refractivity contribution in [2.24, 2.45) is 0 Å². The number of carboxylic acids is 1. The lowest BCUT2D eigenvalue weighted by atomic mass is 10.1. The first-order chi connectivity index (χ1) is 12.1. The lowest BCUT2D eigenvalue weighted by Crippen LogP contribution is -2.31. The molecule has 0 saturated heterocycles. The molecule has 0 unspecified atom stereocenters. The molecule has 2 N–H and O–H groups in total. The molecule has 0 aliphatic carbocycles. The zero-order valence-electron chi connectivity index (χ0n) is 13.1. The highest BCUT2D eigenvalue weighted by molar-refractivity contribution is 7.13. The maximum absolute atomic E-state index is 12.3. The summed E-state index contributed by atoms with van der Waals surface area (Å²) in [6.45, 7) is 0. The van der Waals surface area contributed by atoms with Crippen molar-refractivity contribution in [1.82, 2.24) is 15.3 Å². The molecule has 8 heteroatoms. The number of carbonyl (C=O) groups excluding carboxylic acids is 1. The lowest BCUT2D eigenvalue weighted by molar-refractivity contribution is -0.137. The number of pyridine rings is 1. The van der Waals surface area contributed by atoms with Crippen LogP contribution in [0.15, 0.2) is 47.4 Å². The van der Waals surface area contributed by atoms with Crippen LogP contribution in [0.2, 0.25) is 0 Å². The Labute approximate surface area is 152 Å². The number of rotatable bonds is 7. The minimum atomic E-state index is -0.953. The fraction of sp³-hybridized carbons (Fsp3) is 0.176. The summed E-state index contributed by atoms with van der Waals surface area (Å²) in [6.07, 6.45) is 3.38. The maximum Gasteiger partial charge on any atom is 0.305 e. The Bertz CT molecular complexity index is 847.